The standard InChI is InChI=1S/C16H18O4/c1-2-20-16(19)14(12-8-9-13(17)10-12)15(18)11-6-4-3-5-7-11/h3-7,12,14H,2,8-10H2,1H3. The molecule has 0 N–H and O–H groups in total. The number of hydrogen-bond acceptors (Lipinski definition) is 4. The summed E-state index contributed by atoms with van der Waals surface area (Å²) in [4.78, 5) is 36.1. The Bertz CT molecular complexity index is 506. The molecule has 4 heteroatoms. The third-order valence-electron chi connectivity index (χ3n) is 3.64. The molecule has 1 aliphatic rings. The monoisotopic (exact) mass is 274 g/mol. The van der Waals surface area contributed by atoms with Crippen LogP contribution in [0.1, 0.15) is 36.5 Å². The van der Waals surface area contributed by atoms with Crippen LogP contribution in [0.5, 0.6) is 0 Å². The number of esters is 1. The van der Waals surface area contributed by atoms with E-state index in [2.05, 4.69) is 0 Å². The lowest BCUT2D eigenvalue weighted by molar-refractivity contribution is -0.147. The Labute approximate surface area is 118 Å². The van der Waals surface area contributed by atoms with Crippen molar-refractivity contribution in [3.63, 3.8) is 0 Å². The summed E-state index contributed by atoms with van der Waals surface area (Å²) in [6.07, 6.45) is 1.32. The molecule has 2 rings (SSSR count). The number of benzene rings is 1. The Morgan fingerprint density at radius 2 is 2.00 bits per heavy atom. The predicted octanol–water partition coefficient (Wildman–Crippen LogP) is 2.42. The smallest absolute Gasteiger partial charge is 0.317 e. The molecule has 106 valence electrons. The van der Waals surface area contributed by atoms with Gasteiger partial charge >= 0.3 is 5.97 Å². The molecule has 0 amide bonds. The lowest BCUT2D eigenvalue weighted by atomic mass is 9.84. The van der Waals surface area contributed by atoms with Gasteiger partial charge in [-0.05, 0) is 19.3 Å². The Kier molecular flexibility index (Phi) is 4.66. The molecule has 2 atom stereocenters. The minimum absolute atomic E-state index is 0.116. The van der Waals surface area contributed by atoms with Crippen molar-refractivity contribution in [3.05, 3.63) is 35.9 Å². The van der Waals surface area contributed by atoms with Gasteiger partial charge in [-0.2, -0.15) is 0 Å². The van der Waals surface area contributed by atoms with Gasteiger partial charge in [-0.15, -0.1) is 0 Å². The zero-order chi connectivity index (χ0) is 14.5. The summed E-state index contributed by atoms with van der Waals surface area (Å²) in [5.41, 5.74) is 0.491. The van der Waals surface area contributed by atoms with Crippen LogP contribution in [0.15, 0.2) is 30.3 Å². The van der Waals surface area contributed by atoms with E-state index in [0.29, 0.717) is 24.8 Å². The summed E-state index contributed by atoms with van der Waals surface area (Å²) in [7, 11) is 0. The van der Waals surface area contributed by atoms with Gasteiger partial charge in [-0.25, -0.2) is 0 Å². The summed E-state index contributed by atoms with van der Waals surface area (Å²) >= 11 is 0. The van der Waals surface area contributed by atoms with Crippen LogP contribution in [0.2, 0.25) is 0 Å². The molecule has 0 heterocycles. The highest BCUT2D eigenvalue weighted by Gasteiger charge is 2.40. The molecule has 4 nitrogen and oxygen atoms in total. The van der Waals surface area contributed by atoms with Gasteiger partial charge in [0.25, 0.3) is 0 Å². The van der Waals surface area contributed by atoms with Gasteiger partial charge in [0.1, 0.15) is 11.7 Å². The zero-order valence-electron chi connectivity index (χ0n) is 11.5. The zero-order valence-corrected chi connectivity index (χ0v) is 11.5. The van der Waals surface area contributed by atoms with E-state index in [1.165, 1.54) is 0 Å². The van der Waals surface area contributed by atoms with Crippen LogP contribution in [0, 0.1) is 11.8 Å². The molecule has 0 spiro atoms. The number of hydrogen-bond donors (Lipinski definition) is 0. The Hall–Kier alpha value is -1.97. The second-order valence-corrected chi connectivity index (χ2v) is 5.00. The van der Waals surface area contributed by atoms with E-state index < -0.39 is 11.9 Å². The van der Waals surface area contributed by atoms with Crippen molar-refractivity contribution in [1.29, 1.82) is 0 Å². The quantitative estimate of drug-likeness (QED) is 0.470. The summed E-state index contributed by atoms with van der Waals surface area (Å²) in [5.74, 6) is -1.73. The molecule has 1 aromatic rings. The number of rotatable bonds is 5. The highest BCUT2D eigenvalue weighted by molar-refractivity contribution is 6.09. The normalized spacial score (nSPS) is 19.6. The maximum atomic E-state index is 12.5. The van der Waals surface area contributed by atoms with E-state index in [4.69, 9.17) is 4.74 Å². The molecule has 0 bridgehead atoms. The first-order valence-corrected chi connectivity index (χ1v) is 6.91. The van der Waals surface area contributed by atoms with Gasteiger partial charge in [0, 0.05) is 18.4 Å². The van der Waals surface area contributed by atoms with Crippen LogP contribution >= 0.6 is 0 Å². The second kappa shape index (κ2) is 6.46. The highest BCUT2D eigenvalue weighted by Crippen LogP contribution is 2.32. The maximum Gasteiger partial charge on any atom is 0.317 e. The largest absolute Gasteiger partial charge is 0.465 e. The number of Topliss-reactive ketones (excluding diaryl/α,β-unsaturated/α-hetero) is 2. The van der Waals surface area contributed by atoms with Gasteiger partial charge in [-0.1, -0.05) is 30.3 Å². The Morgan fingerprint density at radius 1 is 1.30 bits per heavy atom. The molecule has 1 fully saturated rings. The molecule has 1 aromatic carbocycles. The summed E-state index contributed by atoms with van der Waals surface area (Å²) in [6.45, 7) is 1.94. The van der Waals surface area contributed by atoms with Gasteiger partial charge in [0.15, 0.2) is 5.78 Å². The number of carbonyl (C=O) groups is 3. The fraction of sp³-hybridized carbons (Fsp3) is 0.438. The minimum atomic E-state index is -0.858. The predicted molar refractivity (Wildman–Crippen MR) is 73.2 cm³/mol. The van der Waals surface area contributed by atoms with Crippen molar-refractivity contribution in [3.8, 4) is 0 Å². The van der Waals surface area contributed by atoms with E-state index in [-0.39, 0.29) is 24.1 Å². The van der Waals surface area contributed by atoms with Crippen molar-refractivity contribution < 1.29 is 19.1 Å². The molecule has 0 radical (unpaired) electrons. The van der Waals surface area contributed by atoms with Crippen molar-refractivity contribution in [1.82, 2.24) is 0 Å². The molecule has 0 aliphatic heterocycles. The number of ether oxygens (including phenoxy) is 1. The van der Waals surface area contributed by atoms with E-state index in [0.717, 1.165) is 0 Å². The summed E-state index contributed by atoms with van der Waals surface area (Å²) in [6, 6.07) is 8.70. The third kappa shape index (κ3) is 3.13. The van der Waals surface area contributed by atoms with Crippen LogP contribution in [-0.2, 0) is 14.3 Å². The van der Waals surface area contributed by atoms with Crippen molar-refractivity contribution in [2.75, 3.05) is 6.61 Å². The van der Waals surface area contributed by atoms with E-state index in [1.54, 1.807) is 31.2 Å². The summed E-state index contributed by atoms with van der Waals surface area (Å²) < 4.78 is 5.02. The van der Waals surface area contributed by atoms with Gasteiger partial charge in [0.05, 0.1) is 6.61 Å². The second-order valence-electron chi connectivity index (χ2n) is 5.00. The van der Waals surface area contributed by atoms with Crippen LogP contribution in [0.25, 0.3) is 0 Å². The number of ketones is 2. The minimum Gasteiger partial charge on any atom is -0.465 e. The van der Waals surface area contributed by atoms with Crippen LogP contribution < -0.4 is 0 Å². The fourth-order valence-corrected chi connectivity index (χ4v) is 2.66. The average Bonchev–Trinajstić information content (AvgIpc) is 2.86. The van der Waals surface area contributed by atoms with Crippen LogP contribution in [0.4, 0.5) is 0 Å². The first-order chi connectivity index (χ1) is 9.63. The van der Waals surface area contributed by atoms with Crippen molar-refractivity contribution in [2.45, 2.75) is 26.2 Å². The molecule has 0 saturated heterocycles. The molecular weight excluding hydrogens is 256 g/mol. The Morgan fingerprint density at radius 3 is 2.55 bits per heavy atom. The highest BCUT2D eigenvalue weighted by atomic mass is 16.5. The van der Waals surface area contributed by atoms with E-state index in [1.807, 2.05) is 6.07 Å². The average molecular weight is 274 g/mol. The van der Waals surface area contributed by atoms with Gasteiger partial charge in [-0.3, -0.25) is 14.4 Å². The van der Waals surface area contributed by atoms with E-state index in [9.17, 15) is 14.4 Å². The molecule has 1 saturated carbocycles. The van der Waals surface area contributed by atoms with Gasteiger partial charge in [0.2, 0.25) is 0 Å². The Balaban J connectivity index is 2.24. The van der Waals surface area contributed by atoms with Gasteiger partial charge < -0.3 is 4.74 Å². The lowest BCUT2D eigenvalue weighted by Gasteiger charge is -2.19. The van der Waals surface area contributed by atoms with E-state index >= 15 is 0 Å². The number of carbonyl (C=O) groups excluding carboxylic acids is 3. The first kappa shape index (κ1) is 14.4. The van der Waals surface area contributed by atoms with Crippen LogP contribution in [0.3, 0.4) is 0 Å². The topological polar surface area (TPSA) is 60.4 Å². The lowest BCUT2D eigenvalue weighted by Crippen LogP contribution is -2.32. The first-order valence-electron chi connectivity index (χ1n) is 6.91. The van der Waals surface area contributed by atoms with Crippen LogP contribution in [-0.4, -0.2) is 24.1 Å². The molecule has 20 heavy (non-hydrogen) atoms. The van der Waals surface area contributed by atoms with Crippen molar-refractivity contribution >= 4 is 17.5 Å². The molecule has 2 unspecified atom stereocenters. The fourth-order valence-electron chi connectivity index (χ4n) is 2.66. The molecular formula is C16H18O4. The third-order valence-corrected chi connectivity index (χ3v) is 3.64. The SMILES string of the molecule is CCOC(=O)C(C(=O)c1ccccc1)C1CCC(=O)C1. The molecule has 0 aromatic heterocycles. The maximum absolute atomic E-state index is 12.5. The van der Waals surface area contributed by atoms with Crippen molar-refractivity contribution in [2.24, 2.45) is 11.8 Å². The molecule has 1 aliphatic carbocycles. The summed E-state index contributed by atoms with van der Waals surface area (Å²) in [5, 5.41) is 0.